The summed E-state index contributed by atoms with van der Waals surface area (Å²) in [5.74, 6) is 0.190. The lowest BCUT2D eigenvalue weighted by Crippen LogP contribution is -2.24. The summed E-state index contributed by atoms with van der Waals surface area (Å²) in [6.07, 6.45) is 1.75. The van der Waals surface area contributed by atoms with Gasteiger partial charge in [-0.3, -0.25) is 0 Å². The molecule has 1 aliphatic heterocycles. The molecular weight excluding hydrogens is 292 g/mol. The quantitative estimate of drug-likeness (QED) is 0.630. The van der Waals surface area contributed by atoms with Crippen LogP contribution in [-0.4, -0.2) is 46.7 Å². The van der Waals surface area contributed by atoms with E-state index in [-0.39, 0.29) is 11.6 Å². The maximum Gasteiger partial charge on any atom is 0.323 e. The van der Waals surface area contributed by atoms with Gasteiger partial charge in [-0.15, -0.1) is 11.6 Å². The second kappa shape index (κ2) is 5.99. The molecular formula is C14H19ClN4O2. The summed E-state index contributed by atoms with van der Waals surface area (Å²) >= 11 is 5.63. The molecule has 0 amide bonds. The molecule has 0 aliphatic carbocycles. The molecule has 21 heavy (non-hydrogen) atoms. The van der Waals surface area contributed by atoms with Gasteiger partial charge in [-0.1, -0.05) is 0 Å². The number of H-pyrrole nitrogens is 2. The number of nitrogens with zero attached hydrogens (tertiary/aromatic N) is 1. The maximum absolute atomic E-state index is 11.4. The van der Waals surface area contributed by atoms with Crippen LogP contribution in [0.15, 0.2) is 16.9 Å². The fourth-order valence-corrected chi connectivity index (χ4v) is 2.82. The van der Waals surface area contributed by atoms with E-state index in [1.54, 1.807) is 0 Å². The second-order valence-electron chi connectivity index (χ2n) is 5.38. The summed E-state index contributed by atoms with van der Waals surface area (Å²) in [6.45, 7) is 2.39. The van der Waals surface area contributed by atoms with Crippen molar-refractivity contribution in [1.29, 1.82) is 0 Å². The number of aromatic amines is 2. The number of fused-ring (bicyclic) bond motifs is 1. The van der Waals surface area contributed by atoms with E-state index in [4.69, 9.17) is 11.6 Å². The van der Waals surface area contributed by atoms with Gasteiger partial charge >= 0.3 is 5.69 Å². The summed E-state index contributed by atoms with van der Waals surface area (Å²) in [6, 6.07) is 3.88. The Morgan fingerprint density at radius 1 is 1.29 bits per heavy atom. The zero-order chi connectivity index (χ0) is 14.8. The second-order valence-corrected chi connectivity index (χ2v) is 5.69. The Hall–Kier alpha value is -1.66. The first-order chi connectivity index (χ1) is 10.2. The van der Waals surface area contributed by atoms with Crippen molar-refractivity contribution in [1.82, 2.24) is 9.97 Å². The van der Waals surface area contributed by atoms with Gasteiger partial charge < -0.3 is 25.3 Å². The average Bonchev–Trinajstić information content (AvgIpc) is 3.11. The van der Waals surface area contributed by atoms with Gasteiger partial charge in [-0.05, 0) is 25.0 Å². The molecule has 1 saturated heterocycles. The Bertz CT molecular complexity index is 675. The number of halogens is 1. The van der Waals surface area contributed by atoms with Crippen LogP contribution in [-0.2, 0) is 0 Å². The van der Waals surface area contributed by atoms with E-state index in [9.17, 15) is 9.90 Å². The molecule has 1 aromatic carbocycles. The van der Waals surface area contributed by atoms with E-state index >= 15 is 0 Å². The van der Waals surface area contributed by atoms with Gasteiger partial charge in [0.05, 0.1) is 34.4 Å². The molecule has 1 unspecified atom stereocenters. The minimum atomic E-state index is -0.598. The third-order valence-electron chi connectivity index (χ3n) is 3.79. The summed E-state index contributed by atoms with van der Waals surface area (Å²) in [5.41, 5.74) is 3.30. The maximum atomic E-state index is 11.4. The fraction of sp³-hybridized carbons (Fsp3) is 0.500. The van der Waals surface area contributed by atoms with Crippen molar-refractivity contribution >= 4 is 34.0 Å². The summed E-state index contributed by atoms with van der Waals surface area (Å²) in [7, 11) is 0. The molecule has 0 radical (unpaired) electrons. The highest BCUT2D eigenvalue weighted by molar-refractivity contribution is 6.18. The monoisotopic (exact) mass is 310 g/mol. The highest BCUT2D eigenvalue weighted by atomic mass is 35.5. The lowest BCUT2D eigenvalue weighted by molar-refractivity contribution is 0.211. The number of hydrogen-bond acceptors (Lipinski definition) is 4. The van der Waals surface area contributed by atoms with Gasteiger partial charge in [0, 0.05) is 19.6 Å². The molecule has 1 fully saturated rings. The topological polar surface area (TPSA) is 84.2 Å². The number of rotatable bonds is 5. The van der Waals surface area contributed by atoms with Crippen LogP contribution in [0.2, 0.25) is 0 Å². The van der Waals surface area contributed by atoms with Gasteiger partial charge in [-0.2, -0.15) is 0 Å². The van der Waals surface area contributed by atoms with E-state index < -0.39 is 6.10 Å². The third kappa shape index (κ3) is 3.01. The van der Waals surface area contributed by atoms with Crippen LogP contribution in [0.4, 0.5) is 11.4 Å². The largest absolute Gasteiger partial charge is 0.390 e. The van der Waals surface area contributed by atoms with Gasteiger partial charge in [0.1, 0.15) is 0 Å². The molecule has 2 heterocycles. The Balaban J connectivity index is 1.96. The number of alkyl halides is 1. The molecule has 6 nitrogen and oxygen atoms in total. The summed E-state index contributed by atoms with van der Waals surface area (Å²) in [5, 5.41) is 12.9. The molecule has 1 atom stereocenters. The lowest BCUT2D eigenvalue weighted by atomic mass is 10.2. The number of aliphatic hydroxyl groups is 1. The number of nitrogens with one attached hydrogen (secondary N) is 3. The van der Waals surface area contributed by atoms with Gasteiger partial charge in [0.25, 0.3) is 0 Å². The van der Waals surface area contributed by atoms with Crippen LogP contribution in [0.5, 0.6) is 0 Å². The third-order valence-corrected chi connectivity index (χ3v) is 4.14. The zero-order valence-electron chi connectivity index (χ0n) is 11.7. The Morgan fingerprint density at radius 3 is 2.62 bits per heavy atom. The smallest absolute Gasteiger partial charge is 0.323 e. The van der Waals surface area contributed by atoms with Crippen molar-refractivity contribution in [2.75, 3.05) is 35.7 Å². The Kier molecular flexibility index (Phi) is 4.07. The van der Waals surface area contributed by atoms with E-state index in [1.807, 2.05) is 12.1 Å². The first kappa shape index (κ1) is 14.3. The van der Waals surface area contributed by atoms with Gasteiger partial charge in [0.2, 0.25) is 0 Å². The fourth-order valence-electron chi connectivity index (χ4n) is 2.71. The van der Waals surface area contributed by atoms with Crippen molar-refractivity contribution in [3.05, 3.63) is 22.6 Å². The number of anilines is 2. The molecule has 4 N–H and O–H groups in total. The van der Waals surface area contributed by atoms with Crippen LogP contribution in [0.1, 0.15) is 12.8 Å². The predicted octanol–water partition coefficient (Wildman–Crippen LogP) is 1.47. The lowest BCUT2D eigenvalue weighted by Gasteiger charge is -2.22. The molecule has 1 aromatic heterocycles. The first-order valence-electron chi connectivity index (χ1n) is 7.16. The standard InChI is InChI=1S/C14H19ClN4O2/c15-7-9(20)8-16-12-5-10-11(18-14(21)17-10)6-13(12)19-3-1-2-4-19/h5-6,9,16,20H,1-4,7-8H2,(H2,17,18,21). The molecule has 3 rings (SSSR count). The summed E-state index contributed by atoms with van der Waals surface area (Å²) < 4.78 is 0. The number of aliphatic hydroxyl groups excluding tert-OH is 1. The molecule has 1 aliphatic rings. The van der Waals surface area contributed by atoms with Crippen LogP contribution in [0.25, 0.3) is 11.0 Å². The Morgan fingerprint density at radius 2 is 1.95 bits per heavy atom. The minimum Gasteiger partial charge on any atom is -0.390 e. The van der Waals surface area contributed by atoms with Crippen LogP contribution < -0.4 is 15.9 Å². The summed E-state index contributed by atoms with van der Waals surface area (Å²) in [4.78, 5) is 19.3. The van der Waals surface area contributed by atoms with Crippen molar-refractivity contribution in [2.24, 2.45) is 0 Å². The number of benzene rings is 1. The Labute approximate surface area is 127 Å². The molecule has 0 bridgehead atoms. The number of imidazole rings is 1. The molecule has 0 spiro atoms. The molecule has 2 aromatic rings. The number of hydrogen-bond donors (Lipinski definition) is 4. The van der Waals surface area contributed by atoms with Gasteiger partial charge in [-0.25, -0.2) is 4.79 Å². The van der Waals surface area contributed by atoms with E-state index in [2.05, 4.69) is 20.2 Å². The number of aromatic nitrogens is 2. The van der Waals surface area contributed by atoms with E-state index in [0.717, 1.165) is 35.5 Å². The van der Waals surface area contributed by atoms with Crippen LogP contribution in [0, 0.1) is 0 Å². The highest BCUT2D eigenvalue weighted by Crippen LogP contribution is 2.32. The zero-order valence-corrected chi connectivity index (χ0v) is 12.4. The van der Waals surface area contributed by atoms with Crippen LogP contribution in [0.3, 0.4) is 0 Å². The predicted molar refractivity (Wildman–Crippen MR) is 85.6 cm³/mol. The minimum absolute atomic E-state index is 0.190. The van der Waals surface area contributed by atoms with Gasteiger partial charge in [0.15, 0.2) is 0 Å². The highest BCUT2D eigenvalue weighted by Gasteiger charge is 2.18. The van der Waals surface area contributed by atoms with Crippen LogP contribution >= 0.6 is 11.6 Å². The average molecular weight is 311 g/mol. The van der Waals surface area contributed by atoms with Crippen molar-refractivity contribution < 1.29 is 5.11 Å². The van der Waals surface area contributed by atoms with Crippen molar-refractivity contribution in [3.63, 3.8) is 0 Å². The van der Waals surface area contributed by atoms with E-state index in [1.165, 1.54) is 12.8 Å². The molecule has 114 valence electrons. The molecule has 7 heteroatoms. The van der Waals surface area contributed by atoms with Crippen molar-refractivity contribution in [3.8, 4) is 0 Å². The molecule has 0 saturated carbocycles. The first-order valence-corrected chi connectivity index (χ1v) is 7.69. The SMILES string of the molecule is O=c1[nH]c2cc(NCC(O)CCl)c(N3CCCC3)cc2[nH]1. The van der Waals surface area contributed by atoms with Crippen molar-refractivity contribution in [2.45, 2.75) is 18.9 Å². The normalized spacial score (nSPS) is 16.6. The van der Waals surface area contributed by atoms with E-state index in [0.29, 0.717) is 6.54 Å².